The van der Waals surface area contributed by atoms with E-state index in [1.54, 1.807) is 0 Å². The van der Waals surface area contributed by atoms with Crippen molar-refractivity contribution in [1.29, 1.82) is 0 Å². The Labute approximate surface area is 188 Å². The smallest absolute Gasteiger partial charge is 0.242 e. The van der Waals surface area contributed by atoms with Crippen LogP contribution in [0.5, 0.6) is 0 Å². The van der Waals surface area contributed by atoms with Gasteiger partial charge in [-0.1, -0.05) is 72.8 Å². The molecule has 0 radical (unpaired) electrons. The highest BCUT2D eigenvalue weighted by Gasteiger charge is 2.28. The largest absolute Gasteiger partial charge is 0.339 e. The number of benzene rings is 3. The van der Waals surface area contributed by atoms with E-state index in [2.05, 4.69) is 70.5 Å². The summed E-state index contributed by atoms with van der Waals surface area (Å²) in [5.74, 6) is 1.04. The quantitative estimate of drug-likeness (QED) is 0.480. The van der Waals surface area contributed by atoms with E-state index in [4.69, 9.17) is 0 Å². The van der Waals surface area contributed by atoms with Gasteiger partial charge in [-0.05, 0) is 30.2 Å². The van der Waals surface area contributed by atoms with E-state index in [1.165, 1.54) is 11.1 Å². The van der Waals surface area contributed by atoms with E-state index >= 15 is 0 Å². The summed E-state index contributed by atoms with van der Waals surface area (Å²) in [4.78, 5) is 22.2. The Morgan fingerprint density at radius 2 is 1.38 bits per heavy atom. The van der Waals surface area contributed by atoms with Crippen LogP contribution in [0.1, 0.15) is 23.0 Å². The lowest BCUT2D eigenvalue weighted by atomic mass is 9.96. The van der Waals surface area contributed by atoms with Gasteiger partial charge in [-0.2, -0.15) is 0 Å². The monoisotopic (exact) mass is 424 g/mol. The fourth-order valence-corrected chi connectivity index (χ4v) is 4.75. The van der Waals surface area contributed by atoms with Gasteiger partial charge in [0, 0.05) is 26.2 Å². The van der Waals surface area contributed by atoms with Crippen molar-refractivity contribution in [2.45, 2.75) is 19.5 Å². The molecule has 1 fully saturated rings. The first-order valence-electron chi connectivity index (χ1n) is 11.2. The zero-order valence-electron chi connectivity index (χ0n) is 18.4. The minimum atomic E-state index is 0.159. The fourth-order valence-electron chi connectivity index (χ4n) is 4.75. The van der Waals surface area contributed by atoms with E-state index in [0.717, 1.165) is 43.0 Å². The summed E-state index contributed by atoms with van der Waals surface area (Å²) < 4.78 is 2.03. The van der Waals surface area contributed by atoms with Crippen molar-refractivity contribution in [1.82, 2.24) is 19.4 Å². The molecule has 5 nitrogen and oxygen atoms in total. The molecule has 0 saturated carbocycles. The predicted molar refractivity (Wildman–Crippen MR) is 127 cm³/mol. The number of aryl methyl sites for hydroxylation is 1. The number of imidazole rings is 1. The summed E-state index contributed by atoms with van der Waals surface area (Å²) in [6.45, 7) is 5.48. The highest BCUT2D eigenvalue weighted by Crippen LogP contribution is 2.29. The molecule has 5 heteroatoms. The van der Waals surface area contributed by atoms with Crippen LogP contribution in [0.15, 0.2) is 84.9 Å². The number of rotatable bonds is 5. The Kier molecular flexibility index (Phi) is 5.73. The maximum atomic E-state index is 13.1. The van der Waals surface area contributed by atoms with Crippen LogP contribution in [0.3, 0.4) is 0 Å². The van der Waals surface area contributed by atoms with Crippen molar-refractivity contribution in [3.8, 4) is 0 Å². The number of fused-ring (bicyclic) bond motifs is 1. The molecule has 0 unspecified atom stereocenters. The second-order valence-electron chi connectivity index (χ2n) is 8.37. The molecule has 0 N–H and O–H groups in total. The Morgan fingerprint density at radius 3 is 2.00 bits per heavy atom. The van der Waals surface area contributed by atoms with Gasteiger partial charge >= 0.3 is 0 Å². The van der Waals surface area contributed by atoms with E-state index in [1.807, 2.05) is 40.7 Å². The number of aromatic nitrogens is 2. The van der Waals surface area contributed by atoms with Gasteiger partial charge in [-0.25, -0.2) is 4.98 Å². The average molecular weight is 425 g/mol. The van der Waals surface area contributed by atoms with Crippen LogP contribution in [-0.2, 0) is 11.3 Å². The number of nitrogens with zero attached hydrogens (tertiary/aromatic N) is 4. The summed E-state index contributed by atoms with van der Waals surface area (Å²) in [5, 5.41) is 0. The molecular formula is C27H28N4O. The first-order valence-corrected chi connectivity index (χ1v) is 11.2. The van der Waals surface area contributed by atoms with Crippen LogP contribution >= 0.6 is 0 Å². The molecule has 2 heterocycles. The van der Waals surface area contributed by atoms with Gasteiger partial charge in [0.1, 0.15) is 12.4 Å². The van der Waals surface area contributed by atoms with E-state index in [0.29, 0.717) is 6.54 Å². The van der Waals surface area contributed by atoms with Gasteiger partial charge in [0.2, 0.25) is 5.91 Å². The van der Waals surface area contributed by atoms with Crippen molar-refractivity contribution in [2.24, 2.45) is 0 Å². The molecule has 4 aromatic rings. The number of para-hydroxylation sites is 2. The van der Waals surface area contributed by atoms with Gasteiger partial charge in [-0.3, -0.25) is 9.69 Å². The fraction of sp³-hybridized carbons (Fsp3) is 0.259. The molecule has 5 rings (SSSR count). The maximum absolute atomic E-state index is 13.1. The second-order valence-corrected chi connectivity index (χ2v) is 8.37. The van der Waals surface area contributed by atoms with Gasteiger partial charge < -0.3 is 9.47 Å². The zero-order valence-corrected chi connectivity index (χ0v) is 18.4. The number of amides is 1. The lowest BCUT2D eigenvalue weighted by molar-refractivity contribution is -0.133. The Balaban J connectivity index is 1.30. The van der Waals surface area contributed by atoms with Crippen LogP contribution in [0.2, 0.25) is 0 Å². The minimum Gasteiger partial charge on any atom is -0.339 e. The topological polar surface area (TPSA) is 41.4 Å². The molecule has 3 aromatic carbocycles. The Morgan fingerprint density at radius 1 is 0.812 bits per heavy atom. The molecule has 32 heavy (non-hydrogen) atoms. The summed E-state index contributed by atoms with van der Waals surface area (Å²) in [5.41, 5.74) is 4.54. The van der Waals surface area contributed by atoms with Gasteiger partial charge in [0.25, 0.3) is 0 Å². The molecule has 1 amide bonds. The molecule has 1 aromatic heterocycles. The molecule has 0 bridgehead atoms. The summed E-state index contributed by atoms with van der Waals surface area (Å²) in [7, 11) is 0. The van der Waals surface area contributed by atoms with Crippen molar-refractivity contribution < 1.29 is 4.79 Å². The predicted octanol–water partition coefficient (Wildman–Crippen LogP) is 4.28. The lowest BCUT2D eigenvalue weighted by Crippen LogP contribution is -2.50. The third-order valence-electron chi connectivity index (χ3n) is 6.40. The molecular weight excluding hydrogens is 396 g/mol. The number of carbonyl (C=O) groups is 1. The van der Waals surface area contributed by atoms with Crippen molar-refractivity contribution in [2.75, 3.05) is 26.2 Å². The number of hydrogen-bond donors (Lipinski definition) is 0. The van der Waals surface area contributed by atoms with Crippen molar-refractivity contribution >= 4 is 16.9 Å². The van der Waals surface area contributed by atoms with Crippen LogP contribution in [-0.4, -0.2) is 51.4 Å². The van der Waals surface area contributed by atoms with E-state index < -0.39 is 0 Å². The standard InChI is InChI=1S/C27H28N4O/c1-21-28-24-14-8-9-15-25(24)31(21)20-26(32)29-16-18-30(19-17-29)27(22-10-4-2-5-11-22)23-12-6-3-7-13-23/h2-15,27H,16-20H2,1H3. The van der Waals surface area contributed by atoms with Crippen molar-refractivity contribution in [3.05, 3.63) is 102 Å². The van der Waals surface area contributed by atoms with Crippen LogP contribution in [0.25, 0.3) is 11.0 Å². The van der Waals surface area contributed by atoms with E-state index in [-0.39, 0.29) is 11.9 Å². The molecule has 0 aliphatic carbocycles. The molecule has 1 aliphatic rings. The third-order valence-corrected chi connectivity index (χ3v) is 6.40. The second kappa shape index (κ2) is 8.97. The van der Waals surface area contributed by atoms with Crippen LogP contribution in [0.4, 0.5) is 0 Å². The van der Waals surface area contributed by atoms with Crippen LogP contribution in [0, 0.1) is 6.92 Å². The highest BCUT2D eigenvalue weighted by atomic mass is 16.2. The lowest BCUT2D eigenvalue weighted by Gasteiger charge is -2.40. The first kappa shape index (κ1) is 20.5. The highest BCUT2D eigenvalue weighted by molar-refractivity contribution is 5.81. The van der Waals surface area contributed by atoms with Gasteiger partial charge in [0.05, 0.1) is 17.1 Å². The van der Waals surface area contributed by atoms with E-state index in [9.17, 15) is 4.79 Å². The minimum absolute atomic E-state index is 0.159. The Bertz CT molecular complexity index is 1150. The normalized spacial score (nSPS) is 14.9. The number of carbonyl (C=O) groups excluding carboxylic acids is 1. The summed E-state index contributed by atoms with van der Waals surface area (Å²) >= 11 is 0. The zero-order chi connectivity index (χ0) is 21.9. The number of hydrogen-bond acceptors (Lipinski definition) is 3. The Hall–Kier alpha value is -3.44. The summed E-state index contributed by atoms with van der Waals surface area (Å²) in [6.07, 6.45) is 0. The molecule has 1 saturated heterocycles. The van der Waals surface area contributed by atoms with Gasteiger partial charge in [-0.15, -0.1) is 0 Å². The molecule has 0 atom stereocenters. The van der Waals surface area contributed by atoms with Gasteiger partial charge in [0.15, 0.2) is 0 Å². The molecule has 1 aliphatic heterocycles. The van der Waals surface area contributed by atoms with Crippen molar-refractivity contribution in [3.63, 3.8) is 0 Å². The maximum Gasteiger partial charge on any atom is 0.242 e. The molecule has 0 spiro atoms. The summed E-state index contributed by atoms with van der Waals surface area (Å²) in [6, 6.07) is 29.5. The third kappa shape index (κ3) is 4.04. The SMILES string of the molecule is Cc1nc2ccccc2n1CC(=O)N1CCN(C(c2ccccc2)c2ccccc2)CC1. The molecule has 162 valence electrons. The average Bonchev–Trinajstić information content (AvgIpc) is 3.16. The first-order chi connectivity index (χ1) is 15.7. The number of piperazine rings is 1. The van der Waals surface area contributed by atoms with Crippen LogP contribution < -0.4 is 0 Å².